The summed E-state index contributed by atoms with van der Waals surface area (Å²) in [7, 11) is 0. The lowest BCUT2D eigenvalue weighted by molar-refractivity contribution is 0.101. The van der Waals surface area contributed by atoms with Crippen molar-refractivity contribution in [1.82, 2.24) is 9.61 Å². The minimum Gasteiger partial charge on any atom is -0.293 e. The van der Waals surface area contributed by atoms with Gasteiger partial charge in [-0.3, -0.25) is 4.79 Å². The van der Waals surface area contributed by atoms with Gasteiger partial charge in [0.05, 0.1) is 5.52 Å². The highest BCUT2D eigenvalue weighted by Crippen LogP contribution is 2.21. The van der Waals surface area contributed by atoms with E-state index in [1.807, 2.05) is 12.1 Å². The molecule has 0 aromatic carbocycles. The Kier molecular flexibility index (Phi) is 1.92. The Bertz CT molecular complexity index is 475. The minimum atomic E-state index is 0.0133. The highest BCUT2D eigenvalue weighted by atomic mass is 79.9. The van der Waals surface area contributed by atoms with E-state index >= 15 is 0 Å². The number of carbonyl (C=O) groups excluding carboxylic acids is 1. The van der Waals surface area contributed by atoms with E-state index in [0.29, 0.717) is 5.69 Å². The van der Waals surface area contributed by atoms with Gasteiger partial charge in [0.25, 0.3) is 0 Å². The number of aromatic nitrogens is 2. The van der Waals surface area contributed by atoms with Gasteiger partial charge in [0.1, 0.15) is 5.69 Å². The average molecular weight is 239 g/mol. The van der Waals surface area contributed by atoms with Gasteiger partial charge in [0, 0.05) is 17.6 Å². The molecule has 2 heterocycles. The molecule has 0 unspecified atom stereocenters. The molecule has 0 aliphatic rings. The second-order valence-corrected chi connectivity index (χ2v) is 3.61. The van der Waals surface area contributed by atoms with Gasteiger partial charge in [-0.1, -0.05) is 0 Å². The summed E-state index contributed by atoms with van der Waals surface area (Å²) in [4.78, 5) is 11.2. The Balaban J connectivity index is 2.85. The van der Waals surface area contributed by atoms with Crippen LogP contribution in [0.4, 0.5) is 0 Å². The van der Waals surface area contributed by atoms with Crippen LogP contribution < -0.4 is 0 Å². The molecular weight excluding hydrogens is 232 g/mol. The van der Waals surface area contributed by atoms with E-state index in [-0.39, 0.29) is 5.78 Å². The molecule has 3 nitrogen and oxygen atoms in total. The van der Waals surface area contributed by atoms with E-state index in [2.05, 4.69) is 21.0 Å². The number of hydrogen-bond acceptors (Lipinski definition) is 2. The Labute approximate surface area is 83.5 Å². The maximum atomic E-state index is 11.2. The quantitative estimate of drug-likeness (QED) is 0.715. The lowest BCUT2D eigenvalue weighted by Gasteiger charge is -1.95. The van der Waals surface area contributed by atoms with Gasteiger partial charge in [-0.2, -0.15) is 5.10 Å². The number of rotatable bonds is 1. The van der Waals surface area contributed by atoms with Crippen LogP contribution in [-0.4, -0.2) is 15.4 Å². The fourth-order valence-electron chi connectivity index (χ4n) is 1.25. The summed E-state index contributed by atoms with van der Waals surface area (Å²) in [6.45, 7) is 1.53. The predicted molar refractivity (Wildman–Crippen MR) is 52.9 cm³/mol. The molecule has 66 valence electrons. The van der Waals surface area contributed by atoms with Gasteiger partial charge in [-0.05, 0) is 34.1 Å². The zero-order valence-electron chi connectivity index (χ0n) is 6.99. The van der Waals surface area contributed by atoms with Gasteiger partial charge in [0.15, 0.2) is 5.78 Å². The molecule has 13 heavy (non-hydrogen) atoms. The second-order valence-electron chi connectivity index (χ2n) is 2.75. The molecule has 0 amide bonds. The summed E-state index contributed by atoms with van der Waals surface area (Å²) in [5.74, 6) is 0.0133. The Morgan fingerprint density at radius 1 is 1.62 bits per heavy atom. The molecule has 2 rings (SSSR count). The molecule has 0 spiro atoms. The van der Waals surface area contributed by atoms with E-state index in [4.69, 9.17) is 0 Å². The van der Waals surface area contributed by atoms with Crippen LogP contribution in [0.3, 0.4) is 0 Å². The van der Waals surface area contributed by atoms with E-state index in [9.17, 15) is 4.79 Å². The third kappa shape index (κ3) is 1.27. The summed E-state index contributed by atoms with van der Waals surface area (Å²) in [5, 5.41) is 4.09. The molecular formula is C9H7BrN2O. The summed E-state index contributed by atoms with van der Waals surface area (Å²) in [6.07, 6.45) is 1.66. The molecule has 0 aliphatic heterocycles. The molecule has 2 aromatic heterocycles. The minimum absolute atomic E-state index is 0.0133. The van der Waals surface area contributed by atoms with Gasteiger partial charge >= 0.3 is 0 Å². The van der Waals surface area contributed by atoms with Crippen LogP contribution in [0.1, 0.15) is 17.4 Å². The third-order valence-electron chi connectivity index (χ3n) is 1.85. The van der Waals surface area contributed by atoms with Gasteiger partial charge in [0.2, 0.25) is 0 Å². The maximum Gasteiger partial charge on any atom is 0.178 e. The van der Waals surface area contributed by atoms with Crippen molar-refractivity contribution >= 4 is 27.2 Å². The first-order valence-corrected chi connectivity index (χ1v) is 4.62. The maximum absolute atomic E-state index is 11.2. The molecule has 0 bridgehead atoms. The van der Waals surface area contributed by atoms with Crippen molar-refractivity contribution in [2.75, 3.05) is 0 Å². The fourth-order valence-corrected chi connectivity index (χ4v) is 1.77. The zero-order chi connectivity index (χ0) is 9.42. The lowest BCUT2D eigenvalue weighted by atomic mass is 10.3. The number of hydrogen-bond donors (Lipinski definition) is 0. The molecule has 0 saturated carbocycles. The van der Waals surface area contributed by atoms with Crippen molar-refractivity contribution in [3.8, 4) is 0 Å². The number of Topliss-reactive ketones (excluding diaryl/α,β-unsaturated/α-hetero) is 1. The third-order valence-corrected chi connectivity index (χ3v) is 2.48. The number of nitrogens with zero attached hydrogens (tertiary/aromatic N) is 2. The molecule has 0 fully saturated rings. The largest absolute Gasteiger partial charge is 0.293 e. The van der Waals surface area contributed by atoms with Crippen LogP contribution in [0.2, 0.25) is 0 Å². The molecule has 4 heteroatoms. The van der Waals surface area contributed by atoms with Crippen LogP contribution >= 0.6 is 15.9 Å². The van der Waals surface area contributed by atoms with Gasteiger partial charge in [-0.15, -0.1) is 0 Å². The monoisotopic (exact) mass is 238 g/mol. The number of ketones is 1. The van der Waals surface area contributed by atoms with Crippen LogP contribution in [-0.2, 0) is 0 Å². The highest BCUT2D eigenvalue weighted by Gasteiger charge is 2.10. The first-order valence-electron chi connectivity index (χ1n) is 3.83. The molecule has 2 aromatic rings. The summed E-state index contributed by atoms with van der Waals surface area (Å²) in [6, 6.07) is 5.53. The molecule has 0 N–H and O–H groups in total. The van der Waals surface area contributed by atoms with Crippen molar-refractivity contribution in [1.29, 1.82) is 0 Å². The lowest BCUT2D eigenvalue weighted by Crippen LogP contribution is -2.00. The number of fused-ring (bicyclic) bond motifs is 1. The van der Waals surface area contributed by atoms with Crippen molar-refractivity contribution in [2.45, 2.75) is 6.92 Å². The standard InChI is InChI=1S/C9H7BrN2O/c1-6(13)9-5-7(10)8-3-2-4-11-12(8)9/h2-5H,1H3. The first kappa shape index (κ1) is 8.44. The van der Waals surface area contributed by atoms with E-state index in [1.54, 1.807) is 16.8 Å². The van der Waals surface area contributed by atoms with Crippen molar-refractivity contribution in [3.05, 3.63) is 34.6 Å². The smallest absolute Gasteiger partial charge is 0.178 e. The average Bonchev–Trinajstić information content (AvgIpc) is 2.45. The first-order chi connectivity index (χ1) is 6.20. The van der Waals surface area contributed by atoms with Crippen LogP contribution in [0.15, 0.2) is 28.9 Å². The number of carbonyl (C=O) groups is 1. The molecule has 0 radical (unpaired) electrons. The van der Waals surface area contributed by atoms with Crippen LogP contribution in [0.5, 0.6) is 0 Å². The highest BCUT2D eigenvalue weighted by molar-refractivity contribution is 9.10. The molecule has 0 saturated heterocycles. The predicted octanol–water partition coefficient (Wildman–Crippen LogP) is 2.30. The van der Waals surface area contributed by atoms with Crippen molar-refractivity contribution in [2.24, 2.45) is 0 Å². The van der Waals surface area contributed by atoms with E-state index in [1.165, 1.54) is 6.92 Å². The SMILES string of the molecule is CC(=O)c1cc(Br)c2cccnn12. The van der Waals surface area contributed by atoms with Gasteiger partial charge < -0.3 is 0 Å². The summed E-state index contributed by atoms with van der Waals surface area (Å²) in [5.41, 5.74) is 1.51. The Morgan fingerprint density at radius 2 is 2.38 bits per heavy atom. The second kappa shape index (κ2) is 2.96. The zero-order valence-corrected chi connectivity index (χ0v) is 8.58. The normalized spacial score (nSPS) is 10.6. The van der Waals surface area contributed by atoms with Gasteiger partial charge in [-0.25, -0.2) is 4.52 Å². The number of halogens is 1. The summed E-state index contributed by atoms with van der Waals surface area (Å²) < 4.78 is 2.53. The molecule has 0 aliphatic carbocycles. The van der Waals surface area contributed by atoms with Crippen molar-refractivity contribution in [3.63, 3.8) is 0 Å². The fraction of sp³-hybridized carbons (Fsp3) is 0.111. The van der Waals surface area contributed by atoms with E-state index < -0.39 is 0 Å². The van der Waals surface area contributed by atoms with E-state index in [0.717, 1.165) is 9.99 Å². The van der Waals surface area contributed by atoms with Crippen LogP contribution in [0.25, 0.3) is 5.52 Å². The Morgan fingerprint density at radius 3 is 3.08 bits per heavy atom. The van der Waals surface area contributed by atoms with Crippen LogP contribution in [0, 0.1) is 0 Å². The summed E-state index contributed by atoms with van der Waals surface area (Å²) >= 11 is 3.37. The van der Waals surface area contributed by atoms with Crippen molar-refractivity contribution < 1.29 is 4.79 Å². The Hall–Kier alpha value is -1.16. The molecule has 0 atom stereocenters. The topological polar surface area (TPSA) is 34.4 Å².